The summed E-state index contributed by atoms with van der Waals surface area (Å²) in [6, 6.07) is 7.70. The van der Waals surface area contributed by atoms with Gasteiger partial charge in [0.2, 0.25) is 0 Å². The van der Waals surface area contributed by atoms with E-state index in [2.05, 4.69) is 5.32 Å². The van der Waals surface area contributed by atoms with Crippen LogP contribution in [0.1, 0.15) is 21.5 Å². The molecule has 1 aromatic heterocycles. The number of alkyl halides is 3. The third-order valence-electron chi connectivity index (χ3n) is 4.11. The summed E-state index contributed by atoms with van der Waals surface area (Å²) in [6.07, 6.45) is -3.27. The van der Waals surface area contributed by atoms with E-state index in [0.717, 1.165) is 34.9 Å². The predicted octanol–water partition coefficient (Wildman–Crippen LogP) is 5.10. The molecule has 0 atom stereocenters. The molecule has 2 aromatic carbocycles. The van der Waals surface area contributed by atoms with Gasteiger partial charge in [-0.05, 0) is 35.9 Å². The molecule has 0 aliphatic carbocycles. The highest BCUT2D eigenvalue weighted by molar-refractivity contribution is 6.30. The SMILES string of the molecule is O=C(Nc1ccc(F)cc1F)c1cc(Cl)cn(Cc2ccc(C(F)(F)F)cc2)c1=O. The Bertz CT molecular complexity index is 1160. The molecule has 0 saturated heterocycles. The van der Waals surface area contributed by atoms with Crippen molar-refractivity contribution in [1.82, 2.24) is 4.57 Å². The van der Waals surface area contributed by atoms with E-state index in [1.807, 2.05) is 0 Å². The topological polar surface area (TPSA) is 51.1 Å². The number of anilines is 1. The van der Waals surface area contributed by atoms with Crippen molar-refractivity contribution < 1.29 is 26.7 Å². The van der Waals surface area contributed by atoms with Crippen LogP contribution in [0.25, 0.3) is 0 Å². The highest BCUT2D eigenvalue weighted by atomic mass is 35.5. The molecule has 0 fully saturated rings. The van der Waals surface area contributed by atoms with E-state index in [4.69, 9.17) is 11.6 Å². The van der Waals surface area contributed by atoms with E-state index in [0.29, 0.717) is 11.6 Å². The maximum absolute atomic E-state index is 13.7. The second kappa shape index (κ2) is 8.27. The fourth-order valence-electron chi connectivity index (χ4n) is 2.66. The molecule has 1 N–H and O–H groups in total. The third-order valence-corrected chi connectivity index (χ3v) is 4.32. The first-order chi connectivity index (χ1) is 14.0. The summed E-state index contributed by atoms with van der Waals surface area (Å²) >= 11 is 5.96. The second-order valence-corrected chi connectivity index (χ2v) is 6.71. The summed E-state index contributed by atoms with van der Waals surface area (Å²) < 4.78 is 65.8. The fraction of sp³-hybridized carbons (Fsp3) is 0.100. The number of nitrogens with one attached hydrogen (secondary N) is 1. The van der Waals surface area contributed by atoms with Crippen molar-refractivity contribution in [3.63, 3.8) is 0 Å². The van der Waals surface area contributed by atoms with Crippen LogP contribution in [-0.4, -0.2) is 10.5 Å². The normalized spacial score (nSPS) is 11.4. The monoisotopic (exact) mass is 442 g/mol. The van der Waals surface area contributed by atoms with Gasteiger partial charge in [0.25, 0.3) is 11.5 Å². The van der Waals surface area contributed by atoms with E-state index in [9.17, 15) is 31.5 Å². The molecule has 156 valence electrons. The molecule has 1 heterocycles. The van der Waals surface area contributed by atoms with Gasteiger partial charge in [-0.2, -0.15) is 13.2 Å². The Labute approximate surface area is 171 Å². The van der Waals surface area contributed by atoms with Crippen molar-refractivity contribution in [2.24, 2.45) is 0 Å². The molecule has 0 unspecified atom stereocenters. The number of aromatic nitrogens is 1. The quantitative estimate of drug-likeness (QED) is 0.572. The molecule has 30 heavy (non-hydrogen) atoms. The maximum atomic E-state index is 13.7. The highest BCUT2D eigenvalue weighted by Crippen LogP contribution is 2.29. The standard InChI is InChI=1S/C20H12ClF5N2O2/c21-13-7-15(18(29)27-17-6-5-14(22)8-16(17)23)19(30)28(10-13)9-11-1-3-12(4-2-11)20(24,25)26/h1-8,10H,9H2,(H,27,29). The molecule has 0 aliphatic heterocycles. The summed E-state index contributed by atoms with van der Waals surface area (Å²) in [7, 11) is 0. The van der Waals surface area contributed by atoms with Gasteiger partial charge in [0, 0.05) is 12.3 Å². The zero-order valence-corrected chi connectivity index (χ0v) is 15.7. The molecule has 10 heteroatoms. The van der Waals surface area contributed by atoms with Gasteiger partial charge in [0.1, 0.15) is 17.2 Å². The largest absolute Gasteiger partial charge is 0.416 e. The zero-order chi connectivity index (χ0) is 22.1. The van der Waals surface area contributed by atoms with Gasteiger partial charge in [-0.25, -0.2) is 8.78 Å². The Balaban J connectivity index is 1.88. The van der Waals surface area contributed by atoms with Gasteiger partial charge in [-0.1, -0.05) is 23.7 Å². The van der Waals surface area contributed by atoms with Crippen molar-refractivity contribution in [2.75, 3.05) is 5.32 Å². The summed E-state index contributed by atoms with van der Waals surface area (Å²) in [5, 5.41) is 2.17. The number of amides is 1. The molecule has 0 spiro atoms. The Morgan fingerprint density at radius 2 is 1.70 bits per heavy atom. The number of hydrogen-bond acceptors (Lipinski definition) is 2. The highest BCUT2D eigenvalue weighted by Gasteiger charge is 2.30. The molecule has 3 aromatic rings. The van der Waals surface area contributed by atoms with E-state index in [1.54, 1.807) is 0 Å². The number of carbonyl (C=O) groups is 1. The van der Waals surface area contributed by atoms with E-state index < -0.39 is 40.4 Å². The van der Waals surface area contributed by atoms with Gasteiger partial charge in [-0.15, -0.1) is 0 Å². The van der Waals surface area contributed by atoms with Crippen LogP contribution in [-0.2, 0) is 12.7 Å². The number of pyridine rings is 1. The molecule has 0 saturated carbocycles. The third kappa shape index (κ3) is 4.85. The number of carbonyl (C=O) groups excluding carboxylic acids is 1. The first-order valence-electron chi connectivity index (χ1n) is 8.37. The first kappa shape index (κ1) is 21.5. The maximum Gasteiger partial charge on any atom is 0.416 e. The molecular formula is C20H12ClF5N2O2. The lowest BCUT2D eigenvalue weighted by Crippen LogP contribution is -2.29. The Kier molecular flexibility index (Phi) is 5.93. The van der Waals surface area contributed by atoms with Crippen molar-refractivity contribution in [1.29, 1.82) is 0 Å². The zero-order valence-electron chi connectivity index (χ0n) is 14.9. The summed E-state index contributed by atoms with van der Waals surface area (Å²) in [5.74, 6) is -2.85. The lowest BCUT2D eigenvalue weighted by molar-refractivity contribution is -0.137. The van der Waals surface area contributed by atoms with Crippen molar-refractivity contribution in [3.05, 3.63) is 98.4 Å². The van der Waals surface area contributed by atoms with Crippen LogP contribution in [0, 0.1) is 11.6 Å². The van der Waals surface area contributed by atoms with Gasteiger partial charge in [0.15, 0.2) is 0 Å². The minimum Gasteiger partial charge on any atom is -0.319 e. The Hall–Kier alpha value is -3.20. The van der Waals surface area contributed by atoms with Crippen LogP contribution in [0.5, 0.6) is 0 Å². The van der Waals surface area contributed by atoms with Crippen LogP contribution < -0.4 is 10.9 Å². The molecule has 4 nitrogen and oxygen atoms in total. The van der Waals surface area contributed by atoms with Crippen molar-refractivity contribution in [3.8, 4) is 0 Å². The smallest absolute Gasteiger partial charge is 0.319 e. The number of benzene rings is 2. The van der Waals surface area contributed by atoms with Crippen molar-refractivity contribution in [2.45, 2.75) is 12.7 Å². The summed E-state index contributed by atoms with van der Waals surface area (Å²) in [5.41, 5.74) is -2.03. The summed E-state index contributed by atoms with van der Waals surface area (Å²) in [6.45, 7) is -0.150. The minimum absolute atomic E-state index is 0.00578. The lowest BCUT2D eigenvalue weighted by Gasteiger charge is -2.12. The van der Waals surface area contributed by atoms with Crippen LogP contribution in [0.2, 0.25) is 5.02 Å². The number of halogens is 6. The average Bonchev–Trinajstić information content (AvgIpc) is 2.66. The van der Waals surface area contributed by atoms with Gasteiger partial charge in [-0.3, -0.25) is 9.59 Å². The van der Waals surface area contributed by atoms with E-state index in [1.165, 1.54) is 18.3 Å². The molecule has 3 rings (SSSR count). The van der Waals surface area contributed by atoms with Crippen LogP contribution >= 0.6 is 11.6 Å². The van der Waals surface area contributed by atoms with E-state index in [-0.39, 0.29) is 17.3 Å². The Morgan fingerprint density at radius 3 is 2.30 bits per heavy atom. The van der Waals surface area contributed by atoms with Crippen molar-refractivity contribution >= 4 is 23.2 Å². The average molecular weight is 443 g/mol. The fourth-order valence-corrected chi connectivity index (χ4v) is 2.88. The lowest BCUT2D eigenvalue weighted by atomic mass is 10.1. The molecule has 1 amide bonds. The molecule has 0 bridgehead atoms. The predicted molar refractivity (Wildman–Crippen MR) is 101 cm³/mol. The van der Waals surface area contributed by atoms with Gasteiger partial charge < -0.3 is 9.88 Å². The Morgan fingerprint density at radius 1 is 1.03 bits per heavy atom. The van der Waals surface area contributed by atoms with Crippen LogP contribution in [0.4, 0.5) is 27.6 Å². The molecule has 0 aliphatic rings. The number of hydrogen-bond donors (Lipinski definition) is 1. The number of nitrogens with zero attached hydrogens (tertiary/aromatic N) is 1. The van der Waals surface area contributed by atoms with Crippen LogP contribution in [0.15, 0.2) is 59.5 Å². The molecular weight excluding hydrogens is 431 g/mol. The second-order valence-electron chi connectivity index (χ2n) is 6.28. The van der Waals surface area contributed by atoms with E-state index >= 15 is 0 Å². The number of rotatable bonds is 4. The van der Waals surface area contributed by atoms with Gasteiger partial charge in [0.05, 0.1) is 22.8 Å². The van der Waals surface area contributed by atoms with Crippen LogP contribution in [0.3, 0.4) is 0 Å². The minimum atomic E-state index is -4.49. The molecule has 0 radical (unpaired) electrons. The first-order valence-corrected chi connectivity index (χ1v) is 8.75. The summed E-state index contributed by atoms with van der Waals surface area (Å²) in [4.78, 5) is 25.0. The van der Waals surface area contributed by atoms with Gasteiger partial charge >= 0.3 is 6.18 Å².